The van der Waals surface area contributed by atoms with Crippen molar-refractivity contribution in [1.82, 2.24) is 20.5 Å². The molecule has 0 saturated heterocycles. The average Bonchev–Trinajstić information content (AvgIpc) is 2.93. The summed E-state index contributed by atoms with van der Waals surface area (Å²) in [5.41, 5.74) is -0.0253. The van der Waals surface area contributed by atoms with Crippen molar-refractivity contribution in [2.45, 2.75) is 46.6 Å². The van der Waals surface area contributed by atoms with Crippen LogP contribution in [0.3, 0.4) is 0 Å². The van der Waals surface area contributed by atoms with E-state index in [4.69, 9.17) is 4.42 Å². The van der Waals surface area contributed by atoms with Gasteiger partial charge in [-0.3, -0.25) is 0 Å². The average molecular weight is 437 g/mol. The second-order valence-electron chi connectivity index (χ2n) is 6.39. The summed E-state index contributed by atoms with van der Waals surface area (Å²) in [5.74, 6) is 2.33. The summed E-state index contributed by atoms with van der Waals surface area (Å²) < 4.78 is 5.75. The molecule has 0 saturated carbocycles. The molecule has 0 bridgehead atoms. The molecular weight excluding hydrogens is 405 g/mol. The van der Waals surface area contributed by atoms with Crippen molar-refractivity contribution in [1.29, 1.82) is 0 Å². The summed E-state index contributed by atoms with van der Waals surface area (Å²) in [6.45, 7) is 14.7. The van der Waals surface area contributed by atoms with Crippen LogP contribution < -0.4 is 10.6 Å². The van der Waals surface area contributed by atoms with Crippen LogP contribution in [0.5, 0.6) is 0 Å². The van der Waals surface area contributed by atoms with E-state index >= 15 is 0 Å². The Kier molecular flexibility index (Phi) is 10.5. The van der Waals surface area contributed by atoms with Crippen molar-refractivity contribution >= 4 is 29.9 Å². The molecule has 23 heavy (non-hydrogen) atoms. The SMILES string of the molecule is CCNC(=NCc1ncc(C(C)(C)C)o1)NCCN(C)CC.I. The first kappa shape index (κ1) is 22.2. The molecule has 7 heteroatoms. The first-order chi connectivity index (χ1) is 10.4. The minimum Gasteiger partial charge on any atom is -0.443 e. The molecule has 1 heterocycles. The zero-order valence-electron chi connectivity index (χ0n) is 15.3. The van der Waals surface area contributed by atoms with E-state index in [-0.39, 0.29) is 29.4 Å². The predicted octanol–water partition coefficient (Wildman–Crippen LogP) is 2.60. The molecule has 0 aliphatic rings. The summed E-state index contributed by atoms with van der Waals surface area (Å²) in [7, 11) is 2.10. The highest BCUT2D eigenvalue weighted by Gasteiger charge is 2.18. The number of likely N-dealkylation sites (N-methyl/N-ethyl adjacent to an activating group) is 1. The van der Waals surface area contributed by atoms with Gasteiger partial charge in [-0.1, -0.05) is 27.7 Å². The Morgan fingerprint density at radius 2 is 2.00 bits per heavy atom. The highest BCUT2D eigenvalue weighted by Crippen LogP contribution is 2.22. The molecule has 134 valence electrons. The molecule has 1 aromatic heterocycles. The molecule has 0 aliphatic heterocycles. The van der Waals surface area contributed by atoms with E-state index in [1.54, 1.807) is 6.20 Å². The van der Waals surface area contributed by atoms with Crippen molar-refractivity contribution in [2.24, 2.45) is 4.99 Å². The van der Waals surface area contributed by atoms with Crippen LogP contribution in [0.4, 0.5) is 0 Å². The molecule has 0 aromatic carbocycles. The lowest BCUT2D eigenvalue weighted by Crippen LogP contribution is -2.40. The normalized spacial score (nSPS) is 12.2. The van der Waals surface area contributed by atoms with Crippen LogP contribution >= 0.6 is 24.0 Å². The van der Waals surface area contributed by atoms with Crippen molar-refractivity contribution < 1.29 is 4.42 Å². The van der Waals surface area contributed by atoms with Gasteiger partial charge in [-0.25, -0.2) is 9.98 Å². The van der Waals surface area contributed by atoms with Gasteiger partial charge in [0.15, 0.2) is 5.96 Å². The van der Waals surface area contributed by atoms with Gasteiger partial charge in [-0.15, -0.1) is 24.0 Å². The quantitative estimate of drug-likeness (QED) is 0.390. The fourth-order valence-corrected chi connectivity index (χ4v) is 1.74. The minimum absolute atomic E-state index is 0. The van der Waals surface area contributed by atoms with Gasteiger partial charge in [0.1, 0.15) is 12.3 Å². The van der Waals surface area contributed by atoms with Gasteiger partial charge in [0.2, 0.25) is 5.89 Å². The van der Waals surface area contributed by atoms with Crippen LogP contribution in [0.15, 0.2) is 15.6 Å². The number of nitrogens with one attached hydrogen (secondary N) is 2. The molecular formula is C16H32IN5O. The Balaban J connectivity index is 0.00000484. The van der Waals surface area contributed by atoms with Crippen molar-refractivity contribution in [3.05, 3.63) is 17.8 Å². The number of aliphatic imine (C=N–C) groups is 1. The highest BCUT2D eigenvalue weighted by atomic mass is 127. The number of aromatic nitrogens is 1. The molecule has 0 fully saturated rings. The zero-order valence-corrected chi connectivity index (χ0v) is 17.6. The fraction of sp³-hybridized carbons (Fsp3) is 0.750. The molecule has 6 nitrogen and oxygen atoms in total. The highest BCUT2D eigenvalue weighted by molar-refractivity contribution is 14.0. The number of hydrogen-bond acceptors (Lipinski definition) is 4. The van der Waals surface area contributed by atoms with Crippen molar-refractivity contribution in [3.63, 3.8) is 0 Å². The molecule has 0 atom stereocenters. The molecule has 0 amide bonds. The summed E-state index contributed by atoms with van der Waals surface area (Å²) >= 11 is 0. The molecule has 0 unspecified atom stereocenters. The van der Waals surface area contributed by atoms with Crippen LogP contribution in [0.1, 0.15) is 46.3 Å². The predicted molar refractivity (Wildman–Crippen MR) is 107 cm³/mol. The zero-order chi connectivity index (χ0) is 16.6. The van der Waals surface area contributed by atoms with Crippen LogP contribution in [0.2, 0.25) is 0 Å². The Labute approximate surface area is 157 Å². The topological polar surface area (TPSA) is 65.7 Å². The van der Waals surface area contributed by atoms with Gasteiger partial charge in [0, 0.05) is 25.0 Å². The van der Waals surface area contributed by atoms with E-state index in [1.807, 2.05) is 0 Å². The van der Waals surface area contributed by atoms with Crippen LogP contribution in [0, 0.1) is 0 Å². The number of nitrogens with zero attached hydrogens (tertiary/aromatic N) is 3. The Morgan fingerprint density at radius 1 is 1.30 bits per heavy atom. The Bertz CT molecular complexity index is 467. The van der Waals surface area contributed by atoms with Crippen LogP contribution in [-0.4, -0.2) is 49.1 Å². The summed E-state index contributed by atoms with van der Waals surface area (Å²) in [6, 6.07) is 0. The number of hydrogen-bond donors (Lipinski definition) is 2. The van der Waals surface area contributed by atoms with Gasteiger partial charge in [-0.2, -0.15) is 0 Å². The van der Waals surface area contributed by atoms with Gasteiger partial charge in [-0.05, 0) is 20.5 Å². The lowest BCUT2D eigenvalue weighted by atomic mass is 9.94. The maximum absolute atomic E-state index is 5.75. The van der Waals surface area contributed by atoms with E-state index in [2.05, 4.69) is 67.2 Å². The van der Waals surface area contributed by atoms with E-state index in [9.17, 15) is 0 Å². The largest absolute Gasteiger partial charge is 0.443 e. The summed E-state index contributed by atoms with van der Waals surface area (Å²) in [4.78, 5) is 11.1. The first-order valence-electron chi connectivity index (χ1n) is 8.02. The standard InChI is InChI=1S/C16H31N5O.HI/c1-7-17-15(18-9-10-21(6)8-2)20-12-14-19-11-13(22-14)16(3,4)5;/h11H,7-10,12H2,1-6H3,(H2,17,18,20);1H. The molecule has 1 rings (SSSR count). The number of guanidine groups is 1. The molecule has 0 radical (unpaired) electrons. The van der Waals surface area contributed by atoms with E-state index in [0.29, 0.717) is 12.4 Å². The smallest absolute Gasteiger partial charge is 0.216 e. The van der Waals surface area contributed by atoms with Gasteiger partial charge < -0.3 is 20.0 Å². The molecule has 0 spiro atoms. The third-order valence-corrected chi connectivity index (χ3v) is 3.34. The number of oxazole rings is 1. The fourth-order valence-electron chi connectivity index (χ4n) is 1.74. The monoisotopic (exact) mass is 437 g/mol. The van der Waals surface area contributed by atoms with Gasteiger partial charge >= 0.3 is 0 Å². The van der Waals surface area contributed by atoms with Crippen LogP contribution in [-0.2, 0) is 12.0 Å². The second kappa shape index (κ2) is 10.9. The second-order valence-corrected chi connectivity index (χ2v) is 6.39. The van der Waals surface area contributed by atoms with Crippen LogP contribution in [0.25, 0.3) is 0 Å². The van der Waals surface area contributed by atoms with Gasteiger partial charge in [0.25, 0.3) is 0 Å². The third-order valence-electron chi connectivity index (χ3n) is 3.34. The molecule has 1 aromatic rings. The summed E-state index contributed by atoms with van der Waals surface area (Å²) in [6.07, 6.45) is 1.79. The molecule has 2 N–H and O–H groups in total. The maximum atomic E-state index is 5.75. The summed E-state index contributed by atoms with van der Waals surface area (Å²) in [5, 5.41) is 6.55. The third kappa shape index (κ3) is 8.55. The lowest BCUT2D eigenvalue weighted by Gasteiger charge is -2.16. The maximum Gasteiger partial charge on any atom is 0.216 e. The number of rotatable bonds is 7. The van der Waals surface area contributed by atoms with E-state index < -0.39 is 0 Å². The van der Waals surface area contributed by atoms with Crippen molar-refractivity contribution in [2.75, 3.05) is 33.2 Å². The first-order valence-corrected chi connectivity index (χ1v) is 8.02. The lowest BCUT2D eigenvalue weighted by molar-refractivity contribution is 0.357. The number of halogens is 1. The Hall–Kier alpha value is -0.830. The molecule has 0 aliphatic carbocycles. The van der Waals surface area contributed by atoms with Crippen molar-refractivity contribution in [3.8, 4) is 0 Å². The Morgan fingerprint density at radius 3 is 2.52 bits per heavy atom. The minimum atomic E-state index is -0.0253. The van der Waals surface area contributed by atoms with E-state index in [0.717, 1.165) is 37.9 Å². The van der Waals surface area contributed by atoms with Gasteiger partial charge in [0.05, 0.1) is 6.20 Å². The van der Waals surface area contributed by atoms with E-state index in [1.165, 1.54) is 0 Å².